The largest absolute Gasteiger partial charge is 0.448 e. The summed E-state index contributed by atoms with van der Waals surface area (Å²) in [7, 11) is 1.51. The van der Waals surface area contributed by atoms with E-state index in [2.05, 4.69) is 10.3 Å². The van der Waals surface area contributed by atoms with Crippen LogP contribution in [0, 0.1) is 0 Å². The maximum atomic E-state index is 12.2. The standard InChI is InChI=1S/C13H11N3O3/c1-14-10(17)6-16-7-15-11-8-4-2-3-5-9(8)19-12(11)13(16)18/h2-5,7H,6H2,1H3,(H,14,17). The van der Waals surface area contributed by atoms with Gasteiger partial charge in [-0.2, -0.15) is 0 Å². The second-order valence-electron chi connectivity index (χ2n) is 4.13. The molecule has 0 spiro atoms. The predicted octanol–water partition coefficient (Wildman–Crippen LogP) is 0.889. The van der Waals surface area contributed by atoms with Crippen molar-refractivity contribution in [2.24, 2.45) is 0 Å². The third kappa shape index (κ3) is 1.77. The average Bonchev–Trinajstić information content (AvgIpc) is 2.81. The molecule has 0 saturated carbocycles. The van der Waals surface area contributed by atoms with Gasteiger partial charge < -0.3 is 9.73 Å². The van der Waals surface area contributed by atoms with Crippen molar-refractivity contribution in [3.63, 3.8) is 0 Å². The second kappa shape index (κ2) is 4.24. The van der Waals surface area contributed by atoms with Crippen LogP contribution in [0.2, 0.25) is 0 Å². The summed E-state index contributed by atoms with van der Waals surface area (Å²) in [5.41, 5.74) is 0.950. The number of nitrogens with zero attached hydrogens (tertiary/aromatic N) is 2. The molecule has 6 heteroatoms. The molecule has 1 amide bonds. The molecule has 3 rings (SSSR count). The molecular formula is C13H11N3O3. The average molecular weight is 257 g/mol. The Hall–Kier alpha value is -2.63. The highest BCUT2D eigenvalue weighted by molar-refractivity contribution is 6.01. The molecule has 0 saturated heterocycles. The third-order valence-electron chi connectivity index (χ3n) is 2.94. The fourth-order valence-corrected chi connectivity index (χ4v) is 1.96. The van der Waals surface area contributed by atoms with Crippen LogP contribution in [-0.2, 0) is 11.3 Å². The zero-order chi connectivity index (χ0) is 13.4. The Balaban J connectivity index is 2.25. The summed E-state index contributed by atoms with van der Waals surface area (Å²) in [6.07, 6.45) is 1.36. The van der Waals surface area contributed by atoms with E-state index in [4.69, 9.17) is 4.42 Å². The van der Waals surface area contributed by atoms with Gasteiger partial charge in [0.1, 0.15) is 17.6 Å². The number of likely N-dealkylation sites (N-methyl/N-ethyl adjacent to an activating group) is 1. The lowest BCUT2D eigenvalue weighted by Gasteiger charge is -2.02. The van der Waals surface area contributed by atoms with Crippen molar-refractivity contribution in [2.45, 2.75) is 6.54 Å². The van der Waals surface area contributed by atoms with Crippen LogP contribution in [-0.4, -0.2) is 22.5 Å². The Bertz CT molecular complexity index is 832. The zero-order valence-corrected chi connectivity index (χ0v) is 10.2. The highest BCUT2D eigenvalue weighted by Gasteiger charge is 2.13. The minimum Gasteiger partial charge on any atom is -0.448 e. The van der Waals surface area contributed by atoms with Gasteiger partial charge in [0.15, 0.2) is 0 Å². The van der Waals surface area contributed by atoms with E-state index in [1.807, 2.05) is 18.2 Å². The first-order valence-corrected chi connectivity index (χ1v) is 5.78. The number of benzene rings is 1. The normalized spacial score (nSPS) is 11.0. The number of rotatable bonds is 2. The quantitative estimate of drug-likeness (QED) is 0.739. The summed E-state index contributed by atoms with van der Waals surface area (Å²) in [4.78, 5) is 27.7. The van der Waals surface area contributed by atoms with E-state index in [1.54, 1.807) is 6.07 Å². The number of carbonyl (C=O) groups excluding carboxylic acids is 1. The number of fused-ring (bicyclic) bond motifs is 3. The first-order chi connectivity index (χ1) is 9.20. The second-order valence-corrected chi connectivity index (χ2v) is 4.13. The Morgan fingerprint density at radius 3 is 3.00 bits per heavy atom. The van der Waals surface area contributed by atoms with Crippen molar-refractivity contribution in [1.29, 1.82) is 0 Å². The van der Waals surface area contributed by atoms with E-state index in [9.17, 15) is 9.59 Å². The maximum Gasteiger partial charge on any atom is 0.297 e. The van der Waals surface area contributed by atoms with Gasteiger partial charge in [-0.1, -0.05) is 12.1 Å². The molecule has 1 aromatic carbocycles. The van der Waals surface area contributed by atoms with Crippen molar-refractivity contribution in [3.05, 3.63) is 40.9 Å². The number of carbonyl (C=O) groups is 1. The van der Waals surface area contributed by atoms with Crippen LogP contribution in [0.25, 0.3) is 22.1 Å². The lowest BCUT2D eigenvalue weighted by molar-refractivity contribution is -0.121. The molecule has 0 fully saturated rings. The minimum absolute atomic E-state index is 0.0741. The summed E-state index contributed by atoms with van der Waals surface area (Å²) in [5, 5.41) is 3.25. The fraction of sp³-hybridized carbons (Fsp3) is 0.154. The molecule has 0 aliphatic rings. The lowest BCUT2D eigenvalue weighted by atomic mass is 10.2. The Morgan fingerprint density at radius 2 is 2.21 bits per heavy atom. The van der Waals surface area contributed by atoms with Crippen LogP contribution < -0.4 is 10.9 Å². The molecule has 0 radical (unpaired) electrons. The lowest BCUT2D eigenvalue weighted by Crippen LogP contribution is -2.30. The Labute approximate surface area is 107 Å². The van der Waals surface area contributed by atoms with Gasteiger partial charge in [-0.15, -0.1) is 0 Å². The van der Waals surface area contributed by atoms with Gasteiger partial charge in [-0.25, -0.2) is 4.98 Å². The van der Waals surface area contributed by atoms with E-state index in [1.165, 1.54) is 17.9 Å². The van der Waals surface area contributed by atoms with Crippen molar-refractivity contribution < 1.29 is 9.21 Å². The molecule has 0 aliphatic heterocycles. The van der Waals surface area contributed by atoms with Gasteiger partial charge in [0.2, 0.25) is 11.5 Å². The number of hydrogen-bond acceptors (Lipinski definition) is 4. The summed E-state index contributed by atoms with van der Waals surface area (Å²) in [6.45, 7) is -0.0741. The minimum atomic E-state index is -0.357. The van der Waals surface area contributed by atoms with Crippen LogP contribution in [0.1, 0.15) is 0 Å². The molecular weight excluding hydrogens is 246 g/mol. The van der Waals surface area contributed by atoms with Gasteiger partial charge in [0.05, 0.1) is 6.33 Å². The SMILES string of the molecule is CNC(=O)Cn1cnc2c(oc3ccccc32)c1=O. The van der Waals surface area contributed by atoms with Crippen LogP contribution in [0.15, 0.2) is 39.8 Å². The van der Waals surface area contributed by atoms with Crippen LogP contribution in [0.5, 0.6) is 0 Å². The fourth-order valence-electron chi connectivity index (χ4n) is 1.96. The molecule has 96 valence electrons. The van der Waals surface area contributed by atoms with Crippen LogP contribution in [0.4, 0.5) is 0 Å². The predicted molar refractivity (Wildman–Crippen MR) is 69.8 cm³/mol. The van der Waals surface area contributed by atoms with E-state index >= 15 is 0 Å². The molecule has 19 heavy (non-hydrogen) atoms. The number of aromatic nitrogens is 2. The number of amides is 1. The van der Waals surface area contributed by atoms with Gasteiger partial charge in [0, 0.05) is 12.4 Å². The number of para-hydroxylation sites is 1. The number of furan rings is 1. The van der Waals surface area contributed by atoms with Crippen molar-refractivity contribution in [1.82, 2.24) is 14.9 Å². The molecule has 0 aliphatic carbocycles. The van der Waals surface area contributed by atoms with Crippen molar-refractivity contribution in [3.8, 4) is 0 Å². The first-order valence-electron chi connectivity index (χ1n) is 5.78. The molecule has 0 atom stereocenters. The monoisotopic (exact) mass is 257 g/mol. The Kier molecular flexibility index (Phi) is 2.56. The molecule has 6 nitrogen and oxygen atoms in total. The molecule has 0 bridgehead atoms. The summed E-state index contributed by atoms with van der Waals surface area (Å²) in [6, 6.07) is 7.30. The molecule has 0 unspecified atom stereocenters. The van der Waals surface area contributed by atoms with Crippen LogP contribution in [0.3, 0.4) is 0 Å². The zero-order valence-electron chi connectivity index (χ0n) is 10.2. The number of nitrogens with one attached hydrogen (secondary N) is 1. The maximum absolute atomic E-state index is 12.2. The number of hydrogen-bond donors (Lipinski definition) is 1. The van der Waals surface area contributed by atoms with E-state index in [-0.39, 0.29) is 23.6 Å². The Morgan fingerprint density at radius 1 is 1.42 bits per heavy atom. The molecule has 1 N–H and O–H groups in total. The van der Waals surface area contributed by atoms with Gasteiger partial charge >= 0.3 is 0 Å². The summed E-state index contributed by atoms with van der Waals surface area (Å²) < 4.78 is 6.74. The summed E-state index contributed by atoms with van der Waals surface area (Å²) in [5.74, 6) is -0.264. The molecule has 2 heterocycles. The highest BCUT2D eigenvalue weighted by atomic mass is 16.3. The van der Waals surface area contributed by atoms with E-state index < -0.39 is 0 Å². The van der Waals surface area contributed by atoms with Crippen molar-refractivity contribution in [2.75, 3.05) is 7.05 Å². The molecule has 3 aromatic rings. The van der Waals surface area contributed by atoms with Gasteiger partial charge in [-0.3, -0.25) is 14.2 Å². The van der Waals surface area contributed by atoms with Gasteiger partial charge in [-0.05, 0) is 12.1 Å². The first kappa shape index (κ1) is 11.5. The third-order valence-corrected chi connectivity index (χ3v) is 2.94. The highest BCUT2D eigenvalue weighted by Crippen LogP contribution is 2.23. The summed E-state index contributed by atoms with van der Waals surface area (Å²) >= 11 is 0. The van der Waals surface area contributed by atoms with E-state index in [0.29, 0.717) is 11.1 Å². The van der Waals surface area contributed by atoms with E-state index in [0.717, 1.165) is 5.39 Å². The smallest absolute Gasteiger partial charge is 0.297 e. The van der Waals surface area contributed by atoms with Crippen molar-refractivity contribution >= 4 is 28.0 Å². The topological polar surface area (TPSA) is 77.1 Å². The molecule has 2 aromatic heterocycles. The van der Waals surface area contributed by atoms with Gasteiger partial charge in [0.25, 0.3) is 5.56 Å². The van der Waals surface area contributed by atoms with Crippen LogP contribution >= 0.6 is 0 Å².